The van der Waals surface area contributed by atoms with Crippen LogP contribution in [-0.2, 0) is 16.6 Å². The van der Waals surface area contributed by atoms with Crippen molar-refractivity contribution in [1.29, 1.82) is 0 Å². The number of ether oxygens (including phenoxy) is 1. The summed E-state index contributed by atoms with van der Waals surface area (Å²) in [7, 11) is 0. The Balaban J connectivity index is 1.67. The molecule has 0 heterocycles. The Hall–Kier alpha value is -2.77. The molecule has 0 amide bonds. The molecule has 2 unspecified atom stereocenters. The van der Waals surface area contributed by atoms with E-state index in [1.807, 2.05) is 77.9 Å². The van der Waals surface area contributed by atoms with Gasteiger partial charge in [0.05, 0.1) is 24.4 Å². The molecule has 0 saturated carbocycles. The predicted octanol–water partition coefficient (Wildman–Crippen LogP) is 7.19. The van der Waals surface area contributed by atoms with Gasteiger partial charge in [-0.1, -0.05) is 68.8 Å². The minimum atomic E-state index is -0.944. The SMILES string of the molecule is CC(OCC(O)CNC(C)(C)Cc1ccc(Cl)cc1F)c1ccccc1-c1ccc(C(=O)O)c(C(C)(C)C)c1. The van der Waals surface area contributed by atoms with Crippen molar-refractivity contribution >= 4 is 17.6 Å². The minimum Gasteiger partial charge on any atom is -0.478 e. The molecule has 0 aliphatic carbocycles. The normalized spacial score (nSPS) is 13.8. The number of aromatic carboxylic acids is 1. The van der Waals surface area contributed by atoms with Crippen LogP contribution in [-0.4, -0.2) is 41.0 Å². The molecule has 7 heteroatoms. The number of β-amino-alcohol motifs (C(OH)–C–C–N with tert-alkyl or cyclic N) is 1. The van der Waals surface area contributed by atoms with Crippen molar-refractivity contribution in [3.05, 3.63) is 93.8 Å². The maximum absolute atomic E-state index is 14.2. The Kier molecular flexibility index (Phi) is 9.94. The molecule has 0 aliphatic heterocycles. The van der Waals surface area contributed by atoms with Crippen molar-refractivity contribution in [3.63, 3.8) is 0 Å². The zero-order valence-electron chi connectivity index (χ0n) is 23.5. The van der Waals surface area contributed by atoms with Gasteiger partial charge in [0.15, 0.2) is 0 Å². The fourth-order valence-corrected chi connectivity index (χ4v) is 4.79. The molecular formula is C32H39ClFNO4. The minimum absolute atomic E-state index is 0.110. The van der Waals surface area contributed by atoms with Crippen molar-refractivity contribution in [2.45, 2.75) is 71.1 Å². The molecular weight excluding hydrogens is 517 g/mol. The third-order valence-corrected chi connectivity index (χ3v) is 7.01. The highest BCUT2D eigenvalue weighted by molar-refractivity contribution is 6.30. The van der Waals surface area contributed by atoms with Crippen molar-refractivity contribution in [3.8, 4) is 11.1 Å². The molecule has 0 spiro atoms. The number of halogens is 2. The first kappa shape index (κ1) is 30.8. The largest absolute Gasteiger partial charge is 0.478 e. The van der Waals surface area contributed by atoms with Gasteiger partial charge in [0.25, 0.3) is 0 Å². The molecule has 0 radical (unpaired) electrons. The fraction of sp³-hybridized carbons (Fsp3) is 0.406. The Morgan fingerprint density at radius 2 is 1.74 bits per heavy atom. The zero-order chi connectivity index (χ0) is 29.0. The highest BCUT2D eigenvalue weighted by atomic mass is 35.5. The summed E-state index contributed by atoms with van der Waals surface area (Å²) in [5.74, 6) is -1.29. The number of hydrogen-bond acceptors (Lipinski definition) is 4. The highest BCUT2D eigenvalue weighted by Crippen LogP contribution is 2.35. The van der Waals surface area contributed by atoms with Gasteiger partial charge in [0.1, 0.15) is 5.82 Å². The molecule has 0 aliphatic rings. The molecule has 2 atom stereocenters. The summed E-state index contributed by atoms with van der Waals surface area (Å²) in [6.07, 6.45) is -0.648. The van der Waals surface area contributed by atoms with Crippen LogP contribution < -0.4 is 5.32 Å². The zero-order valence-corrected chi connectivity index (χ0v) is 24.3. The van der Waals surface area contributed by atoms with Crippen LogP contribution in [0.5, 0.6) is 0 Å². The van der Waals surface area contributed by atoms with E-state index in [2.05, 4.69) is 5.32 Å². The second-order valence-electron chi connectivity index (χ2n) is 11.7. The molecule has 5 nitrogen and oxygen atoms in total. The second kappa shape index (κ2) is 12.6. The molecule has 3 aromatic carbocycles. The van der Waals surface area contributed by atoms with Gasteiger partial charge in [-0.25, -0.2) is 9.18 Å². The summed E-state index contributed by atoms with van der Waals surface area (Å²) >= 11 is 5.86. The van der Waals surface area contributed by atoms with Gasteiger partial charge in [0, 0.05) is 17.1 Å². The number of rotatable bonds is 11. The van der Waals surface area contributed by atoms with Gasteiger partial charge in [-0.15, -0.1) is 0 Å². The van der Waals surface area contributed by atoms with Crippen LogP contribution >= 0.6 is 11.6 Å². The van der Waals surface area contributed by atoms with Crippen molar-refractivity contribution < 1.29 is 24.1 Å². The lowest BCUT2D eigenvalue weighted by molar-refractivity contribution is -0.00398. The Bertz CT molecular complexity index is 1300. The fourth-order valence-electron chi connectivity index (χ4n) is 4.64. The number of hydrogen-bond donors (Lipinski definition) is 3. The quantitative estimate of drug-likeness (QED) is 0.233. The highest BCUT2D eigenvalue weighted by Gasteiger charge is 2.24. The average molecular weight is 556 g/mol. The molecule has 210 valence electrons. The molecule has 3 N–H and O–H groups in total. The number of benzene rings is 3. The van der Waals surface area contributed by atoms with Gasteiger partial charge >= 0.3 is 5.97 Å². The lowest BCUT2D eigenvalue weighted by atomic mass is 9.81. The molecule has 39 heavy (non-hydrogen) atoms. The summed E-state index contributed by atoms with van der Waals surface area (Å²) in [6.45, 7) is 12.2. The van der Waals surface area contributed by atoms with Crippen molar-refractivity contribution in [2.24, 2.45) is 0 Å². The monoisotopic (exact) mass is 555 g/mol. The van der Waals surface area contributed by atoms with Crippen molar-refractivity contribution in [2.75, 3.05) is 13.2 Å². The van der Waals surface area contributed by atoms with E-state index in [4.69, 9.17) is 16.3 Å². The van der Waals surface area contributed by atoms with Crippen molar-refractivity contribution in [1.82, 2.24) is 5.32 Å². The van der Waals surface area contributed by atoms with Crippen LogP contribution in [0.2, 0.25) is 5.02 Å². The summed E-state index contributed by atoms with van der Waals surface area (Å²) in [6, 6.07) is 17.9. The first-order valence-electron chi connectivity index (χ1n) is 13.1. The van der Waals surface area contributed by atoms with E-state index in [-0.39, 0.29) is 30.5 Å². The Morgan fingerprint density at radius 1 is 1.05 bits per heavy atom. The van der Waals surface area contributed by atoms with Gasteiger partial charge in [0.2, 0.25) is 0 Å². The van der Waals surface area contributed by atoms with E-state index in [0.29, 0.717) is 22.6 Å². The lowest BCUT2D eigenvalue weighted by Crippen LogP contribution is -2.46. The number of aliphatic hydroxyl groups is 1. The maximum atomic E-state index is 14.2. The van der Waals surface area contributed by atoms with Crippen LogP contribution in [0.4, 0.5) is 4.39 Å². The first-order valence-corrected chi connectivity index (χ1v) is 13.5. The molecule has 0 bridgehead atoms. The molecule has 0 aromatic heterocycles. The van der Waals surface area contributed by atoms with E-state index in [1.54, 1.807) is 18.2 Å². The molecule has 0 fully saturated rings. The van der Waals surface area contributed by atoms with E-state index in [9.17, 15) is 19.4 Å². The predicted molar refractivity (Wildman–Crippen MR) is 155 cm³/mol. The van der Waals surface area contributed by atoms with Gasteiger partial charge in [-0.05, 0) is 84.7 Å². The smallest absolute Gasteiger partial charge is 0.335 e. The first-order chi connectivity index (χ1) is 18.2. The number of carboxylic acid groups (broad SMARTS) is 1. The molecule has 0 saturated heterocycles. The van der Waals surface area contributed by atoms with E-state index >= 15 is 0 Å². The number of carboxylic acids is 1. The molecule has 3 aromatic rings. The van der Waals surface area contributed by atoms with Crippen LogP contribution in [0.15, 0.2) is 60.7 Å². The third kappa shape index (κ3) is 8.36. The topological polar surface area (TPSA) is 78.8 Å². The van der Waals surface area contributed by atoms with E-state index < -0.39 is 17.6 Å². The molecule has 3 rings (SSSR count). The van der Waals surface area contributed by atoms with Crippen LogP contribution in [0.3, 0.4) is 0 Å². The second-order valence-corrected chi connectivity index (χ2v) is 12.1. The lowest BCUT2D eigenvalue weighted by Gasteiger charge is -2.28. The standard InChI is InChI=1S/C32H39ClFNO4/c1-20(39-19-24(36)18-35-32(5,6)17-22-11-13-23(33)16-29(22)34)25-9-7-8-10-26(25)21-12-14-27(30(37)38)28(15-21)31(2,3)4/h7-16,20,24,35-36H,17-19H2,1-6H3,(H,37,38). The summed E-state index contributed by atoms with van der Waals surface area (Å²) in [4.78, 5) is 11.8. The number of aliphatic hydroxyl groups excluding tert-OH is 1. The van der Waals surface area contributed by atoms with Crippen LogP contribution in [0.1, 0.15) is 74.7 Å². The van der Waals surface area contributed by atoms with Crippen LogP contribution in [0, 0.1) is 5.82 Å². The van der Waals surface area contributed by atoms with Gasteiger partial charge < -0.3 is 20.3 Å². The number of nitrogens with one attached hydrogen (secondary N) is 1. The Morgan fingerprint density at radius 3 is 2.38 bits per heavy atom. The van der Waals surface area contributed by atoms with E-state index in [0.717, 1.165) is 22.3 Å². The summed E-state index contributed by atoms with van der Waals surface area (Å²) in [5.41, 5.74) is 3.62. The Labute approximate surface area is 236 Å². The third-order valence-electron chi connectivity index (χ3n) is 6.77. The summed E-state index contributed by atoms with van der Waals surface area (Å²) in [5, 5.41) is 24.0. The van der Waals surface area contributed by atoms with Gasteiger partial charge in [-0.2, -0.15) is 0 Å². The number of carbonyl (C=O) groups is 1. The summed E-state index contributed by atoms with van der Waals surface area (Å²) < 4.78 is 20.3. The maximum Gasteiger partial charge on any atom is 0.335 e. The van der Waals surface area contributed by atoms with Gasteiger partial charge in [-0.3, -0.25) is 0 Å². The van der Waals surface area contributed by atoms with Crippen LogP contribution in [0.25, 0.3) is 11.1 Å². The average Bonchev–Trinajstić information content (AvgIpc) is 2.87. The van der Waals surface area contributed by atoms with E-state index in [1.165, 1.54) is 6.07 Å².